The van der Waals surface area contributed by atoms with E-state index in [-0.39, 0.29) is 25.4 Å². The molecule has 2 aromatic carbocycles. The molecule has 1 heterocycles. The summed E-state index contributed by atoms with van der Waals surface area (Å²) in [5.41, 5.74) is 1.72. The lowest BCUT2D eigenvalue weighted by Crippen LogP contribution is -2.43. The number of rotatable bonds is 5. The van der Waals surface area contributed by atoms with E-state index in [1.54, 1.807) is 0 Å². The van der Waals surface area contributed by atoms with Gasteiger partial charge in [-0.1, -0.05) is 54.6 Å². The van der Waals surface area contributed by atoms with Gasteiger partial charge in [0, 0.05) is 19.5 Å². The van der Waals surface area contributed by atoms with Crippen molar-refractivity contribution < 1.29 is 19.2 Å². The average molecular weight is 406 g/mol. The Morgan fingerprint density at radius 1 is 1.03 bits per heavy atom. The van der Waals surface area contributed by atoms with Crippen LogP contribution in [0.4, 0.5) is 9.59 Å². The Morgan fingerprint density at radius 2 is 1.77 bits per heavy atom. The van der Waals surface area contributed by atoms with Crippen LogP contribution >= 0.6 is 0 Å². The molecule has 154 valence electrons. The van der Waals surface area contributed by atoms with Gasteiger partial charge >= 0.3 is 12.1 Å². The molecular formula is C22H22N4O4. The molecule has 8 heteroatoms. The molecule has 30 heavy (non-hydrogen) atoms. The number of carbonyl (C=O) groups excluding carboxylic acids is 4. The van der Waals surface area contributed by atoms with Gasteiger partial charge in [0.15, 0.2) is 0 Å². The van der Waals surface area contributed by atoms with Gasteiger partial charge in [0.05, 0.1) is 0 Å². The second-order valence-corrected chi connectivity index (χ2v) is 7.42. The first-order valence-corrected chi connectivity index (χ1v) is 9.84. The number of carbonyl (C=O) groups is 4. The zero-order chi connectivity index (χ0) is 21.1. The van der Waals surface area contributed by atoms with E-state index < -0.39 is 23.5 Å². The summed E-state index contributed by atoms with van der Waals surface area (Å²) in [5, 5.41) is 7.63. The minimum Gasteiger partial charge on any atom is -0.334 e. The number of benzene rings is 2. The molecule has 1 spiro atoms. The second kappa shape index (κ2) is 7.98. The largest absolute Gasteiger partial charge is 0.334 e. The van der Waals surface area contributed by atoms with Crippen molar-refractivity contribution in [1.29, 1.82) is 0 Å². The maximum absolute atomic E-state index is 13.0. The van der Waals surface area contributed by atoms with E-state index in [4.69, 9.17) is 0 Å². The van der Waals surface area contributed by atoms with Crippen molar-refractivity contribution in [3.05, 3.63) is 71.3 Å². The van der Waals surface area contributed by atoms with Gasteiger partial charge in [0.25, 0.3) is 5.91 Å². The standard InChI is InChI=1S/C22H22N4O4/c27-18(24-20(29)23-14-15-6-2-1-3-7-15)11-13-26-19(28)22(25-21(26)30)12-10-16-8-4-5-9-17(16)22/h1-9H,10-14H2,(H,25,30)(H2,23,24,27,29). The predicted octanol–water partition coefficient (Wildman–Crippen LogP) is 1.80. The number of hydrogen-bond donors (Lipinski definition) is 3. The van der Waals surface area contributed by atoms with E-state index in [0.717, 1.165) is 21.6 Å². The van der Waals surface area contributed by atoms with Gasteiger partial charge < -0.3 is 10.6 Å². The summed E-state index contributed by atoms with van der Waals surface area (Å²) >= 11 is 0. The molecule has 2 aliphatic rings. The number of aryl methyl sites for hydroxylation is 1. The molecule has 1 saturated heterocycles. The Balaban J connectivity index is 1.31. The maximum atomic E-state index is 13.0. The van der Waals surface area contributed by atoms with E-state index >= 15 is 0 Å². The molecule has 0 radical (unpaired) electrons. The van der Waals surface area contributed by atoms with Crippen LogP contribution in [-0.4, -0.2) is 35.3 Å². The average Bonchev–Trinajstić information content (AvgIpc) is 3.24. The summed E-state index contributed by atoms with van der Waals surface area (Å²) < 4.78 is 0. The quantitative estimate of drug-likeness (QED) is 0.658. The SMILES string of the molecule is O=C(CCN1C(=O)NC2(CCc3ccccc32)C1=O)NC(=O)NCc1ccccc1. The molecular weight excluding hydrogens is 384 g/mol. The number of urea groups is 2. The molecule has 1 fully saturated rings. The van der Waals surface area contributed by atoms with E-state index in [0.29, 0.717) is 12.8 Å². The van der Waals surface area contributed by atoms with Gasteiger partial charge in [-0.15, -0.1) is 0 Å². The lowest BCUT2D eigenvalue weighted by Gasteiger charge is -2.22. The molecule has 0 aromatic heterocycles. The van der Waals surface area contributed by atoms with Crippen molar-refractivity contribution in [2.75, 3.05) is 6.54 Å². The fraction of sp³-hybridized carbons (Fsp3) is 0.273. The van der Waals surface area contributed by atoms with Crippen LogP contribution in [0.5, 0.6) is 0 Å². The van der Waals surface area contributed by atoms with E-state index in [2.05, 4.69) is 16.0 Å². The molecule has 1 aliphatic carbocycles. The van der Waals surface area contributed by atoms with Crippen LogP contribution in [-0.2, 0) is 28.1 Å². The Hall–Kier alpha value is -3.68. The fourth-order valence-electron chi connectivity index (χ4n) is 4.02. The summed E-state index contributed by atoms with van der Waals surface area (Å²) in [7, 11) is 0. The highest BCUT2D eigenvalue weighted by Gasteiger charge is 2.55. The molecule has 1 aliphatic heterocycles. The first kappa shape index (κ1) is 19.6. The number of fused-ring (bicyclic) bond motifs is 2. The molecule has 0 saturated carbocycles. The van der Waals surface area contributed by atoms with Crippen LogP contribution in [0.15, 0.2) is 54.6 Å². The highest BCUT2D eigenvalue weighted by Crippen LogP contribution is 2.41. The second-order valence-electron chi connectivity index (χ2n) is 7.42. The van der Waals surface area contributed by atoms with Gasteiger partial charge in [-0.2, -0.15) is 0 Å². The Morgan fingerprint density at radius 3 is 2.57 bits per heavy atom. The highest BCUT2D eigenvalue weighted by molar-refractivity contribution is 6.08. The molecule has 1 atom stereocenters. The van der Waals surface area contributed by atoms with E-state index in [1.165, 1.54) is 0 Å². The van der Waals surface area contributed by atoms with Gasteiger partial charge in [0.1, 0.15) is 5.54 Å². The lowest BCUT2D eigenvalue weighted by molar-refractivity contribution is -0.132. The molecule has 2 aromatic rings. The summed E-state index contributed by atoms with van der Waals surface area (Å²) in [6.07, 6.45) is 1.05. The maximum Gasteiger partial charge on any atom is 0.325 e. The van der Waals surface area contributed by atoms with Crippen LogP contribution in [0.2, 0.25) is 0 Å². The third-order valence-corrected chi connectivity index (χ3v) is 5.53. The van der Waals surface area contributed by atoms with Crippen LogP contribution in [0.1, 0.15) is 29.5 Å². The summed E-state index contributed by atoms with van der Waals surface area (Å²) in [4.78, 5) is 50.5. The smallest absolute Gasteiger partial charge is 0.325 e. The van der Waals surface area contributed by atoms with Gasteiger partial charge in [-0.05, 0) is 29.5 Å². The van der Waals surface area contributed by atoms with Gasteiger partial charge in [-0.25, -0.2) is 9.59 Å². The normalized spacial score (nSPS) is 19.5. The summed E-state index contributed by atoms with van der Waals surface area (Å²) in [5.74, 6) is -0.910. The summed E-state index contributed by atoms with van der Waals surface area (Å²) in [6, 6.07) is 15.7. The Bertz CT molecular complexity index is 1010. The van der Waals surface area contributed by atoms with E-state index in [1.807, 2.05) is 54.6 Å². The molecule has 3 N–H and O–H groups in total. The monoisotopic (exact) mass is 406 g/mol. The first-order chi connectivity index (χ1) is 14.5. The van der Waals surface area contributed by atoms with E-state index in [9.17, 15) is 19.2 Å². The number of hydrogen-bond acceptors (Lipinski definition) is 4. The number of amides is 6. The number of nitrogens with zero attached hydrogens (tertiary/aromatic N) is 1. The molecule has 4 rings (SSSR count). The van der Waals surface area contributed by atoms with Crippen molar-refractivity contribution >= 4 is 23.9 Å². The fourth-order valence-corrected chi connectivity index (χ4v) is 4.02. The first-order valence-electron chi connectivity index (χ1n) is 9.84. The minimum atomic E-state index is -1.04. The molecule has 6 amide bonds. The van der Waals surface area contributed by atoms with Gasteiger partial charge in [0.2, 0.25) is 5.91 Å². The molecule has 1 unspecified atom stereocenters. The van der Waals surface area contributed by atoms with Gasteiger partial charge in [-0.3, -0.25) is 19.8 Å². The van der Waals surface area contributed by atoms with Crippen LogP contribution < -0.4 is 16.0 Å². The van der Waals surface area contributed by atoms with Crippen LogP contribution in [0.3, 0.4) is 0 Å². The zero-order valence-corrected chi connectivity index (χ0v) is 16.3. The predicted molar refractivity (Wildman–Crippen MR) is 108 cm³/mol. The molecule has 8 nitrogen and oxygen atoms in total. The van der Waals surface area contributed by atoms with Crippen molar-refractivity contribution in [2.24, 2.45) is 0 Å². The number of imide groups is 2. The zero-order valence-electron chi connectivity index (χ0n) is 16.3. The minimum absolute atomic E-state index is 0.0909. The molecule has 0 bridgehead atoms. The van der Waals surface area contributed by atoms with Crippen LogP contribution in [0, 0.1) is 0 Å². The van der Waals surface area contributed by atoms with Crippen LogP contribution in [0.25, 0.3) is 0 Å². The Labute approximate surface area is 173 Å². The van der Waals surface area contributed by atoms with Crippen molar-refractivity contribution in [3.63, 3.8) is 0 Å². The third-order valence-electron chi connectivity index (χ3n) is 5.53. The van der Waals surface area contributed by atoms with Crippen molar-refractivity contribution in [1.82, 2.24) is 20.9 Å². The van der Waals surface area contributed by atoms with Crippen molar-refractivity contribution in [2.45, 2.75) is 31.3 Å². The Kier molecular flexibility index (Phi) is 5.22. The summed E-state index contributed by atoms with van der Waals surface area (Å²) in [6.45, 7) is 0.196. The number of nitrogens with one attached hydrogen (secondary N) is 3. The topological polar surface area (TPSA) is 108 Å². The third kappa shape index (κ3) is 3.63. The lowest BCUT2D eigenvalue weighted by atomic mass is 9.92. The van der Waals surface area contributed by atoms with Crippen molar-refractivity contribution in [3.8, 4) is 0 Å². The highest BCUT2D eigenvalue weighted by atomic mass is 16.2.